The normalized spacial score (nSPS) is 12.7. The van der Waals surface area contributed by atoms with E-state index in [1.165, 1.54) is 7.11 Å². The van der Waals surface area contributed by atoms with Crippen LogP contribution < -0.4 is 25.4 Å². The van der Waals surface area contributed by atoms with Crippen LogP contribution in [0, 0.1) is 0 Å². The Kier molecular flexibility index (Phi) is 13.5. The number of fused-ring (bicyclic) bond motifs is 1. The highest BCUT2D eigenvalue weighted by atomic mass is 32.1. The van der Waals surface area contributed by atoms with Crippen LogP contribution in [0.2, 0.25) is 0 Å². The standard InChI is InChI=1S/C36H40N4O8S2/c1-45-33(41)20-30(26-14-15-31-32(19-26)48-24-47-31)39-35(43)38-29(13-5-6-16-37-36(44)46-23-25-9-3-2-4-10-25)34(42)40(21-27-11-7-17-49-27)22-28-12-8-18-50-28/h2-4,7-12,14-15,17-19,29-30H,5-6,13,16,20-24H2,1H3,(H,37,44)(H2,38,39,43)/t29-,30+/m1/s1. The van der Waals surface area contributed by atoms with Gasteiger partial charge in [-0.15, -0.1) is 22.7 Å². The van der Waals surface area contributed by atoms with E-state index in [0.29, 0.717) is 56.0 Å². The first kappa shape index (κ1) is 36.2. The molecule has 2 aromatic heterocycles. The Hall–Kier alpha value is -5.08. The van der Waals surface area contributed by atoms with Gasteiger partial charge in [-0.05, 0) is 65.4 Å². The van der Waals surface area contributed by atoms with Crippen LogP contribution in [0.5, 0.6) is 11.5 Å². The molecule has 1 aliphatic heterocycles. The minimum atomic E-state index is -0.893. The summed E-state index contributed by atoms with van der Waals surface area (Å²) in [4.78, 5) is 56.2. The number of alkyl carbamates (subject to hydrolysis) is 1. The van der Waals surface area contributed by atoms with Crippen molar-refractivity contribution < 1.29 is 38.1 Å². The number of ether oxygens (including phenoxy) is 4. The van der Waals surface area contributed by atoms with E-state index in [-0.39, 0.29) is 25.7 Å². The smallest absolute Gasteiger partial charge is 0.407 e. The van der Waals surface area contributed by atoms with Gasteiger partial charge in [-0.1, -0.05) is 48.5 Å². The van der Waals surface area contributed by atoms with Crippen molar-refractivity contribution in [3.05, 3.63) is 104 Å². The van der Waals surface area contributed by atoms with Crippen LogP contribution >= 0.6 is 22.7 Å². The van der Waals surface area contributed by atoms with Crippen molar-refractivity contribution in [2.45, 2.75) is 57.5 Å². The first-order chi connectivity index (χ1) is 24.4. The molecule has 0 saturated heterocycles. The number of nitrogens with one attached hydrogen (secondary N) is 3. The average Bonchev–Trinajstić information content (AvgIpc) is 3.93. The Bertz CT molecular complexity index is 1650. The summed E-state index contributed by atoms with van der Waals surface area (Å²) in [6.07, 6.45) is 0.708. The molecular weight excluding hydrogens is 681 g/mol. The Balaban J connectivity index is 1.25. The van der Waals surface area contributed by atoms with E-state index in [1.807, 2.05) is 65.4 Å². The largest absolute Gasteiger partial charge is 0.469 e. The molecular formula is C36H40N4O8S2. The Morgan fingerprint density at radius 2 is 1.58 bits per heavy atom. The molecule has 3 N–H and O–H groups in total. The molecule has 0 radical (unpaired) electrons. The molecule has 0 unspecified atom stereocenters. The first-order valence-corrected chi connectivity index (χ1v) is 18.0. The molecule has 4 aromatic rings. The predicted molar refractivity (Wildman–Crippen MR) is 189 cm³/mol. The molecule has 5 rings (SSSR count). The van der Waals surface area contributed by atoms with Gasteiger partial charge in [0.25, 0.3) is 0 Å². The van der Waals surface area contributed by atoms with Gasteiger partial charge in [0.2, 0.25) is 12.7 Å². The predicted octanol–water partition coefficient (Wildman–Crippen LogP) is 6.14. The summed E-state index contributed by atoms with van der Waals surface area (Å²) >= 11 is 3.11. The molecule has 50 heavy (non-hydrogen) atoms. The number of esters is 1. The van der Waals surface area contributed by atoms with Crippen LogP contribution in [0.4, 0.5) is 9.59 Å². The zero-order chi connectivity index (χ0) is 35.1. The van der Waals surface area contributed by atoms with Crippen LogP contribution in [-0.4, -0.2) is 55.4 Å². The van der Waals surface area contributed by atoms with E-state index in [9.17, 15) is 19.2 Å². The third kappa shape index (κ3) is 11.0. The average molecular weight is 721 g/mol. The summed E-state index contributed by atoms with van der Waals surface area (Å²) < 4.78 is 21.1. The molecule has 0 aliphatic carbocycles. The van der Waals surface area contributed by atoms with Gasteiger partial charge in [-0.2, -0.15) is 0 Å². The Morgan fingerprint density at radius 1 is 0.860 bits per heavy atom. The number of carbonyl (C=O) groups is 4. The van der Waals surface area contributed by atoms with E-state index >= 15 is 0 Å². The van der Waals surface area contributed by atoms with Gasteiger partial charge in [0.15, 0.2) is 11.5 Å². The maximum Gasteiger partial charge on any atom is 0.407 e. The maximum absolute atomic E-state index is 14.2. The number of amides is 4. The molecule has 0 bridgehead atoms. The number of unbranched alkanes of at least 4 members (excludes halogenated alkanes) is 1. The highest BCUT2D eigenvalue weighted by Gasteiger charge is 2.29. The van der Waals surface area contributed by atoms with Crippen molar-refractivity contribution in [1.29, 1.82) is 0 Å². The third-order valence-electron chi connectivity index (χ3n) is 7.87. The maximum atomic E-state index is 14.2. The Morgan fingerprint density at radius 3 is 2.26 bits per heavy atom. The molecule has 3 heterocycles. The lowest BCUT2D eigenvalue weighted by molar-refractivity contribution is -0.141. The molecule has 12 nitrogen and oxygen atoms in total. The van der Waals surface area contributed by atoms with Crippen LogP contribution in [0.15, 0.2) is 83.6 Å². The number of carbonyl (C=O) groups excluding carboxylic acids is 4. The van der Waals surface area contributed by atoms with Crippen LogP contribution in [0.1, 0.15) is 52.6 Å². The van der Waals surface area contributed by atoms with Crippen molar-refractivity contribution in [2.24, 2.45) is 0 Å². The number of rotatable bonds is 17. The van der Waals surface area contributed by atoms with Crippen molar-refractivity contribution >= 4 is 46.7 Å². The van der Waals surface area contributed by atoms with Crippen LogP contribution in [0.3, 0.4) is 0 Å². The molecule has 264 valence electrons. The fourth-order valence-corrected chi connectivity index (χ4v) is 6.74. The zero-order valence-electron chi connectivity index (χ0n) is 27.6. The number of nitrogens with zero attached hydrogens (tertiary/aromatic N) is 1. The van der Waals surface area contributed by atoms with E-state index in [1.54, 1.807) is 45.8 Å². The highest BCUT2D eigenvalue weighted by Crippen LogP contribution is 2.35. The lowest BCUT2D eigenvalue weighted by Crippen LogP contribution is -2.51. The van der Waals surface area contributed by atoms with E-state index in [2.05, 4.69) is 16.0 Å². The minimum absolute atomic E-state index is 0.0794. The van der Waals surface area contributed by atoms with Gasteiger partial charge in [0.05, 0.1) is 32.7 Å². The van der Waals surface area contributed by atoms with Gasteiger partial charge in [0, 0.05) is 16.3 Å². The fourth-order valence-electron chi connectivity index (χ4n) is 5.30. The SMILES string of the molecule is COC(=O)C[C@H](NC(=O)N[C@H](CCCCNC(=O)OCc1ccccc1)C(=O)N(Cc1cccs1)Cc1cccs1)c1ccc2c(c1)OCO2. The van der Waals surface area contributed by atoms with Crippen molar-refractivity contribution in [3.63, 3.8) is 0 Å². The van der Waals surface area contributed by atoms with E-state index in [4.69, 9.17) is 18.9 Å². The molecule has 2 aromatic carbocycles. The van der Waals surface area contributed by atoms with Crippen molar-refractivity contribution in [3.8, 4) is 11.5 Å². The summed E-state index contributed by atoms with van der Waals surface area (Å²) in [7, 11) is 1.28. The first-order valence-electron chi connectivity index (χ1n) is 16.2. The number of hydrogen-bond acceptors (Lipinski definition) is 10. The molecule has 1 aliphatic rings. The monoisotopic (exact) mass is 720 g/mol. The third-order valence-corrected chi connectivity index (χ3v) is 9.60. The van der Waals surface area contributed by atoms with Crippen molar-refractivity contribution in [1.82, 2.24) is 20.9 Å². The molecule has 14 heteroatoms. The quantitative estimate of drug-likeness (QED) is 0.0873. The molecule has 0 saturated carbocycles. The minimum Gasteiger partial charge on any atom is -0.469 e. The summed E-state index contributed by atoms with van der Waals surface area (Å²) in [5.41, 5.74) is 1.50. The number of methoxy groups -OCH3 is 1. The second-order valence-corrected chi connectivity index (χ2v) is 13.5. The topological polar surface area (TPSA) is 145 Å². The number of thiophene rings is 2. The lowest BCUT2D eigenvalue weighted by atomic mass is 10.0. The molecule has 0 fully saturated rings. The van der Waals surface area contributed by atoms with Gasteiger partial charge >= 0.3 is 18.1 Å². The summed E-state index contributed by atoms with van der Waals surface area (Å²) in [5.74, 6) is 0.303. The van der Waals surface area contributed by atoms with E-state index in [0.717, 1.165) is 15.3 Å². The van der Waals surface area contributed by atoms with E-state index < -0.39 is 30.2 Å². The number of hydrogen-bond donors (Lipinski definition) is 3. The van der Waals surface area contributed by atoms with Gasteiger partial charge < -0.3 is 39.8 Å². The number of urea groups is 1. The molecule has 0 spiro atoms. The van der Waals surface area contributed by atoms with Gasteiger partial charge in [-0.3, -0.25) is 9.59 Å². The zero-order valence-corrected chi connectivity index (χ0v) is 29.3. The lowest BCUT2D eigenvalue weighted by Gasteiger charge is -2.28. The second kappa shape index (κ2) is 18.6. The Labute approximate surface area is 298 Å². The van der Waals surface area contributed by atoms with Crippen LogP contribution in [0.25, 0.3) is 0 Å². The van der Waals surface area contributed by atoms with Crippen LogP contribution in [-0.2, 0) is 38.8 Å². The fraction of sp³-hybridized carbons (Fsp3) is 0.333. The summed E-state index contributed by atoms with van der Waals surface area (Å²) in [5, 5.41) is 12.4. The van der Waals surface area contributed by atoms with Gasteiger partial charge in [0.1, 0.15) is 12.6 Å². The molecule has 4 amide bonds. The summed E-state index contributed by atoms with van der Waals surface area (Å²) in [6.45, 7) is 1.34. The summed E-state index contributed by atoms with van der Waals surface area (Å²) in [6, 6.07) is 20.1. The van der Waals surface area contributed by atoms with Crippen molar-refractivity contribution in [2.75, 3.05) is 20.4 Å². The second-order valence-electron chi connectivity index (χ2n) is 11.5. The highest BCUT2D eigenvalue weighted by molar-refractivity contribution is 7.10. The number of benzene rings is 2. The van der Waals surface area contributed by atoms with Gasteiger partial charge in [-0.25, -0.2) is 9.59 Å². The molecule has 2 atom stereocenters.